The van der Waals surface area contributed by atoms with E-state index >= 15 is 0 Å². The number of rotatable bonds is 2. The molecule has 0 unspecified atom stereocenters. The monoisotopic (exact) mass is 327 g/mol. The highest BCUT2D eigenvalue weighted by Crippen LogP contribution is 2.43. The van der Waals surface area contributed by atoms with Crippen molar-refractivity contribution in [2.75, 3.05) is 6.54 Å². The molecule has 1 atom stereocenters. The highest BCUT2D eigenvalue weighted by molar-refractivity contribution is 6.36. The van der Waals surface area contributed by atoms with Gasteiger partial charge in [-0.25, -0.2) is 0 Å². The van der Waals surface area contributed by atoms with E-state index in [-0.39, 0.29) is 6.10 Å². The van der Waals surface area contributed by atoms with Gasteiger partial charge >= 0.3 is 0 Å². The van der Waals surface area contributed by atoms with Crippen LogP contribution >= 0.6 is 34.8 Å². The van der Waals surface area contributed by atoms with Gasteiger partial charge in [-0.3, -0.25) is 0 Å². The van der Waals surface area contributed by atoms with Gasteiger partial charge in [0, 0.05) is 34.1 Å². The van der Waals surface area contributed by atoms with Gasteiger partial charge in [0.1, 0.15) is 11.9 Å². The summed E-state index contributed by atoms with van der Waals surface area (Å²) in [4.78, 5) is 0. The van der Waals surface area contributed by atoms with E-state index in [0.29, 0.717) is 21.6 Å². The summed E-state index contributed by atoms with van der Waals surface area (Å²) in [6.45, 7) is 0.472. The first-order valence-corrected chi connectivity index (χ1v) is 7.36. The van der Waals surface area contributed by atoms with Crippen molar-refractivity contribution < 1.29 is 4.74 Å². The first kappa shape index (κ1) is 14.0. The maximum Gasteiger partial charge on any atom is 0.131 e. The summed E-state index contributed by atoms with van der Waals surface area (Å²) in [5.41, 5.74) is 8.49. The van der Waals surface area contributed by atoms with E-state index in [1.807, 2.05) is 18.2 Å². The Kier molecular flexibility index (Phi) is 3.83. The molecule has 1 aliphatic rings. The normalized spacial score (nSPS) is 16.9. The summed E-state index contributed by atoms with van der Waals surface area (Å²) in [7, 11) is 0. The van der Waals surface area contributed by atoms with Crippen LogP contribution in [0.15, 0.2) is 30.3 Å². The van der Waals surface area contributed by atoms with Crippen LogP contribution in [0.2, 0.25) is 15.1 Å². The molecule has 1 aliphatic heterocycles. The van der Waals surface area contributed by atoms with Crippen LogP contribution in [0, 0.1) is 0 Å². The Bertz CT molecular complexity index is 672. The van der Waals surface area contributed by atoms with Gasteiger partial charge in [0.05, 0.1) is 5.02 Å². The van der Waals surface area contributed by atoms with Crippen molar-refractivity contribution in [2.45, 2.75) is 12.5 Å². The molecule has 0 amide bonds. The van der Waals surface area contributed by atoms with E-state index < -0.39 is 0 Å². The van der Waals surface area contributed by atoms with E-state index in [1.54, 1.807) is 12.1 Å². The van der Waals surface area contributed by atoms with E-state index in [2.05, 4.69) is 0 Å². The van der Waals surface area contributed by atoms with E-state index in [0.717, 1.165) is 28.9 Å². The number of hydrogen-bond donors (Lipinski definition) is 1. The third kappa shape index (κ3) is 2.49. The molecule has 0 fully saturated rings. The quantitative estimate of drug-likeness (QED) is 0.876. The maximum atomic E-state index is 6.28. The molecule has 2 nitrogen and oxygen atoms in total. The standard InChI is InChI=1S/C15H12Cl3NO/c16-9-1-2-12(14(18)6-9)13-5-10(17)3-8-4-11(7-19)20-15(8)13/h1-3,5-6,11H,4,7,19H2/t11-/m1/s1. The summed E-state index contributed by atoms with van der Waals surface area (Å²) in [6, 6.07) is 9.15. The third-order valence-corrected chi connectivity index (χ3v) is 4.11. The lowest BCUT2D eigenvalue weighted by Crippen LogP contribution is -2.24. The van der Waals surface area contributed by atoms with Crippen molar-refractivity contribution in [2.24, 2.45) is 5.73 Å². The number of halogens is 3. The summed E-state index contributed by atoms with van der Waals surface area (Å²) < 4.78 is 5.91. The molecule has 2 aromatic rings. The summed E-state index contributed by atoms with van der Waals surface area (Å²) in [5.74, 6) is 0.814. The molecule has 0 radical (unpaired) electrons. The average molecular weight is 329 g/mol. The lowest BCUT2D eigenvalue weighted by Gasteiger charge is -2.12. The van der Waals surface area contributed by atoms with E-state index in [4.69, 9.17) is 45.3 Å². The zero-order valence-electron chi connectivity index (χ0n) is 10.5. The van der Waals surface area contributed by atoms with Crippen molar-refractivity contribution in [3.63, 3.8) is 0 Å². The molecule has 0 bridgehead atoms. The number of benzene rings is 2. The number of fused-ring (bicyclic) bond motifs is 1. The van der Waals surface area contributed by atoms with Crippen LogP contribution in [0.3, 0.4) is 0 Å². The topological polar surface area (TPSA) is 35.2 Å². The van der Waals surface area contributed by atoms with Crippen molar-refractivity contribution in [3.8, 4) is 16.9 Å². The highest BCUT2D eigenvalue weighted by Gasteiger charge is 2.26. The lowest BCUT2D eigenvalue weighted by atomic mass is 10.0. The van der Waals surface area contributed by atoms with Gasteiger partial charge in [0.15, 0.2) is 0 Å². The molecule has 0 aromatic heterocycles. The largest absolute Gasteiger partial charge is 0.488 e. The van der Waals surface area contributed by atoms with Crippen LogP contribution in [0.25, 0.3) is 11.1 Å². The minimum absolute atomic E-state index is 0.00621. The van der Waals surface area contributed by atoms with Gasteiger partial charge in [-0.1, -0.05) is 40.9 Å². The zero-order chi connectivity index (χ0) is 14.3. The molecule has 5 heteroatoms. The Morgan fingerprint density at radius 2 is 1.85 bits per heavy atom. The Hall–Kier alpha value is -0.930. The van der Waals surface area contributed by atoms with Gasteiger partial charge in [-0.05, 0) is 29.8 Å². The molecule has 0 aliphatic carbocycles. The molecular formula is C15H12Cl3NO. The minimum atomic E-state index is -0.00621. The molecule has 2 aromatic carbocycles. The SMILES string of the molecule is NC[C@H]1Cc2cc(Cl)cc(-c3ccc(Cl)cc3Cl)c2O1. The number of nitrogens with two attached hydrogens (primary N) is 1. The molecule has 0 spiro atoms. The smallest absolute Gasteiger partial charge is 0.131 e. The van der Waals surface area contributed by atoms with Gasteiger partial charge in [-0.15, -0.1) is 0 Å². The predicted molar refractivity (Wildman–Crippen MR) is 84.1 cm³/mol. The minimum Gasteiger partial charge on any atom is -0.488 e. The first-order valence-electron chi connectivity index (χ1n) is 6.23. The van der Waals surface area contributed by atoms with Gasteiger partial charge in [0.25, 0.3) is 0 Å². The van der Waals surface area contributed by atoms with Crippen LogP contribution in [-0.2, 0) is 6.42 Å². The second-order valence-electron chi connectivity index (χ2n) is 4.75. The number of hydrogen-bond acceptors (Lipinski definition) is 2. The fraction of sp³-hybridized carbons (Fsp3) is 0.200. The fourth-order valence-corrected chi connectivity index (χ4v) is 3.19. The zero-order valence-corrected chi connectivity index (χ0v) is 12.8. The average Bonchev–Trinajstić information content (AvgIpc) is 2.81. The van der Waals surface area contributed by atoms with E-state index in [1.165, 1.54) is 0 Å². The maximum absolute atomic E-state index is 6.28. The second kappa shape index (κ2) is 5.45. The molecule has 104 valence electrons. The third-order valence-electron chi connectivity index (χ3n) is 3.35. The Labute approximate surface area is 132 Å². The van der Waals surface area contributed by atoms with Crippen LogP contribution in [0.5, 0.6) is 5.75 Å². The van der Waals surface area contributed by atoms with Gasteiger partial charge in [-0.2, -0.15) is 0 Å². The van der Waals surface area contributed by atoms with Crippen molar-refractivity contribution in [3.05, 3.63) is 51.0 Å². The van der Waals surface area contributed by atoms with Crippen LogP contribution in [0.1, 0.15) is 5.56 Å². The van der Waals surface area contributed by atoms with E-state index in [9.17, 15) is 0 Å². The van der Waals surface area contributed by atoms with Gasteiger partial charge in [0.2, 0.25) is 0 Å². The molecule has 20 heavy (non-hydrogen) atoms. The summed E-state index contributed by atoms with van der Waals surface area (Å²) in [6.07, 6.45) is 0.762. The van der Waals surface area contributed by atoms with Crippen molar-refractivity contribution in [1.29, 1.82) is 0 Å². The van der Waals surface area contributed by atoms with Gasteiger partial charge < -0.3 is 10.5 Å². The Morgan fingerprint density at radius 3 is 2.55 bits per heavy atom. The predicted octanol–water partition coefficient (Wildman–Crippen LogP) is 4.58. The Morgan fingerprint density at radius 1 is 1.05 bits per heavy atom. The fourth-order valence-electron chi connectivity index (χ4n) is 2.43. The number of ether oxygens (including phenoxy) is 1. The molecule has 1 heterocycles. The highest BCUT2D eigenvalue weighted by atomic mass is 35.5. The van der Waals surface area contributed by atoms with Crippen LogP contribution in [-0.4, -0.2) is 12.6 Å². The molecule has 3 rings (SSSR count). The Balaban J connectivity index is 2.15. The lowest BCUT2D eigenvalue weighted by molar-refractivity contribution is 0.242. The second-order valence-corrected chi connectivity index (χ2v) is 6.03. The van der Waals surface area contributed by atoms with Crippen LogP contribution in [0.4, 0.5) is 0 Å². The first-order chi connectivity index (χ1) is 9.58. The summed E-state index contributed by atoms with van der Waals surface area (Å²) >= 11 is 18.4. The molecular weight excluding hydrogens is 317 g/mol. The van der Waals surface area contributed by atoms with Crippen molar-refractivity contribution >= 4 is 34.8 Å². The molecule has 0 saturated carbocycles. The van der Waals surface area contributed by atoms with Crippen LogP contribution < -0.4 is 10.5 Å². The van der Waals surface area contributed by atoms with Crippen molar-refractivity contribution in [1.82, 2.24) is 0 Å². The molecule has 0 saturated heterocycles. The molecule has 2 N–H and O–H groups in total. The summed E-state index contributed by atoms with van der Waals surface area (Å²) in [5, 5.41) is 1.82.